The van der Waals surface area contributed by atoms with Gasteiger partial charge < -0.3 is 9.32 Å². The standard InChI is InChI=1S/C32H33N5O3S/c33-24-29-32(40-31(34-29)27-14-16-28(17-15-27)41(38,39)37-18-8-3-9-19-37)36-22-20-35(21-23-36)30(25-10-4-1-5-11-25)26-12-6-2-7-13-26/h1-2,4-7,10-17,30H,3,8-9,18-23H2. The number of aromatic nitrogens is 1. The summed E-state index contributed by atoms with van der Waals surface area (Å²) in [7, 11) is -3.52. The number of anilines is 1. The first-order chi connectivity index (χ1) is 20.0. The largest absolute Gasteiger partial charge is 0.419 e. The van der Waals surface area contributed by atoms with E-state index in [4.69, 9.17) is 4.42 Å². The lowest BCUT2D eigenvalue weighted by atomic mass is 9.96. The summed E-state index contributed by atoms with van der Waals surface area (Å²) in [6.07, 6.45) is 2.84. The molecule has 0 aliphatic carbocycles. The zero-order valence-corrected chi connectivity index (χ0v) is 23.7. The van der Waals surface area contributed by atoms with Gasteiger partial charge in [0.05, 0.1) is 10.9 Å². The molecule has 0 radical (unpaired) electrons. The first kappa shape index (κ1) is 27.2. The Morgan fingerprint density at radius 2 is 1.34 bits per heavy atom. The van der Waals surface area contributed by atoms with Gasteiger partial charge in [-0.15, -0.1) is 0 Å². The van der Waals surface area contributed by atoms with Crippen LogP contribution in [0.25, 0.3) is 11.5 Å². The van der Waals surface area contributed by atoms with Crippen LogP contribution in [-0.2, 0) is 10.0 Å². The summed E-state index contributed by atoms with van der Waals surface area (Å²) in [5, 5.41) is 9.85. The molecule has 2 aliphatic heterocycles. The van der Waals surface area contributed by atoms with Crippen molar-refractivity contribution in [2.45, 2.75) is 30.2 Å². The minimum absolute atomic E-state index is 0.139. The number of hydrogen-bond donors (Lipinski definition) is 0. The van der Waals surface area contributed by atoms with E-state index >= 15 is 0 Å². The predicted molar refractivity (Wildman–Crippen MR) is 158 cm³/mol. The summed E-state index contributed by atoms with van der Waals surface area (Å²) in [6, 6.07) is 30.0. The third kappa shape index (κ3) is 5.64. The molecule has 2 fully saturated rings. The lowest BCUT2D eigenvalue weighted by Gasteiger charge is -2.39. The van der Waals surface area contributed by atoms with Crippen LogP contribution in [0.3, 0.4) is 0 Å². The van der Waals surface area contributed by atoms with Gasteiger partial charge in [-0.25, -0.2) is 8.42 Å². The van der Waals surface area contributed by atoms with Gasteiger partial charge in [0.2, 0.25) is 27.5 Å². The highest BCUT2D eigenvalue weighted by Crippen LogP contribution is 2.33. The van der Waals surface area contributed by atoms with Crippen molar-refractivity contribution in [3.8, 4) is 17.5 Å². The van der Waals surface area contributed by atoms with Gasteiger partial charge in [0.25, 0.3) is 0 Å². The molecule has 210 valence electrons. The van der Waals surface area contributed by atoms with Crippen LogP contribution >= 0.6 is 0 Å². The van der Waals surface area contributed by atoms with Crippen molar-refractivity contribution in [2.24, 2.45) is 0 Å². The predicted octanol–water partition coefficient (Wildman–Crippen LogP) is 5.30. The normalized spacial score (nSPS) is 17.0. The molecule has 4 aromatic rings. The minimum atomic E-state index is -3.52. The molecular weight excluding hydrogens is 534 g/mol. The Labute approximate surface area is 241 Å². The van der Waals surface area contributed by atoms with Gasteiger partial charge in [0.15, 0.2) is 0 Å². The average Bonchev–Trinajstić information content (AvgIpc) is 3.48. The number of oxazole rings is 1. The maximum Gasteiger partial charge on any atom is 0.243 e. The SMILES string of the molecule is N#Cc1nc(-c2ccc(S(=O)(=O)N3CCCCC3)cc2)oc1N1CCN(C(c2ccccc2)c2ccccc2)CC1. The van der Waals surface area contributed by atoms with Crippen molar-refractivity contribution in [3.63, 3.8) is 0 Å². The first-order valence-corrected chi connectivity index (χ1v) is 15.6. The second-order valence-corrected chi connectivity index (χ2v) is 12.5. The Kier molecular flexibility index (Phi) is 7.88. The topological polar surface area (TPSA) is 93.7 Å². The van der Waals surface area contributed by atoms with Crippen LogP contribution in [0.15, 0.2) is 94.2 Å². The van der Waals surface area contributed by atoms with Crippen LogP contribution in [-0.4, -0.2) is 61.9 Å². The third-order valence-corrected chi connectivity index (χ3v) is 9.88. The molecule has 0 bridgehead atoms. The van der Waals surface area contributed by atoms with E-state index in [2.05, 4.69) is 69.4 Å². The Morgan fingerprint density at radius 1 is 0.756 bits per heavy atom. The highest BCUT2D eigenvalue weighted by Gasteiger charge is 2.30. The van der Waals surface area contributed by atoms with Gasteiger partial charge in [-0.1, -0.05) is 67.1 Å². The van der Waals surface area contributed by atoms with Crippen LogP contribution < -0.4 is 4.90 Å². The molecule has 9 heteroatoms. The van der Waals surface area contributed by atoms with Crippen molar-refractivity contribution in [1.82, 2.24) is 14.2 Å². The van der Waals surface area contributed by atoms with E-state index < -0.39 is 10.0 Å². The van der Waals surface area contributed by atoms with Gasteiger partial charge in [-0.3, -0.25) is 4.90 Å². The van der Waals surface area contributed by atoms with Crippen molar-refractivity contribution < 1.29 is 12.8 Å². The van der Waals surface area contributed by atoms with Gasteiger partial charge in [-0.2, -0.15) is 14.6 Å². The molecule has 6 rings (SSSR count). The van der Waals surface area contributed by atoms with Crippen molar-refractivity contribution in [2.75, 3.05) is 44.2 Å². The number of benzene rings is 3. The van der Waals surface area contributed by atoms with Crippen LogP contribution in [0.1, 0.15) is 42.1 Å². The Morgan fingerprint density at radius 3 is 1.90 bits per heavy atom. The van der Waals surface area contributed by atoms with Crippen LogP contribution in [0.5, 0.6) is 0 Å². The summed E-state index contributed by atoms with van der Waals surface area (Å²) >= 11 is 0. The van der Waals surface area contributed by atoms with Crippen LogP contribution in [0.2, 0.25) is 0 Å². The summed E-state index contributed by atoms with van der Waals surface area (Å²) in [6.45, 7) is 4.07. The molecule has 0 amide bonds. The minimum Gasteiger partial charge on any atom is -0.419 e. The summed E-state index contributed by atoms with van der Waals surface area (Å²) < 4.78 is 33.8. The molecule has 8 nitrogen and oxygen atoms in total. The number of nitriles is 1. The molecule has 2 aliphatic rings. The zero-order valence-electron chi connectivity index (χ0n) is 22.9. The Balaban J connectivity index is 1.19. The molecule has 0 spiro atoms. The molecule has 3 heterocycles. The molecule has 0 N–H and O–H groups in total. The van der Waals surface area contributed by atoms with Gasteiger partial charge in [-0.05, 0) is 48.2 Å². The second kappa shape index (κ2) is 11.9. The molecule has 0 atom stereocenters. The van der Waals surface area contributed by atoms with E-state index in [9.17, 15) is 13.7 Å². The number of piperazine rings is 1. The molecule has 41 heavy (non-hydrogen) atoms. The Bertz CT molecular complexity index is 1560. The number of sulfonamides is 1. The highest BCUT2D eigenvalue weighted by atomic mass is 32.2. The molecule has 0 saturated carbocycles. The maximum atomic E-state index is 13.0. The van der Waals surface area contributed by atoms with Crippen LogP contribution in [0.4, 0.5) is 5.88 Å². The maximum absolute atomic E-state index is 13.0. The quantitative estimate of drug-likeness (QED) is 0.299. The fourth-order valence-corrected chi connectivity index (χ4v) is 7.33. The molecular formula is C32H33N5O3S. The zero-order chi connectivity index (χ0) is 28.2. The molecule has 3 aromatic carbocycles. The van der Waals surface area contributed by atoms with Crippen molar-refractivity contribution >= 4 is 15.9 Å². The number of hydrogen-bond acceptors (Lipinski definition) is 7. The average molecular weight is 568 g/mol. The number of nitrogens with zero attached hydrogens (tertiary/aromatic N) is 5. The van der Waals surface area contributed by atoms with Gasteiger partial charge in [0.1, 0.15) is 6.07 Å². The van der Waals surface area contributed by atoms with E-state index in [0.717, 1.165) is 32.4 Å². The number of rotatable bonds is 7. The fourth-order valence-electron chi connectivity index (χ4n) is 5.81. The van der Waals surface area contributed by atoms with E-state index in [1.807, 2.05) is 12.1 Å². The van der Waals surface area contributed by atoms with E-state index in [0.29, 0.717) is 43.5 Å². The third-order valence-electron chi connectivity index (χ3n) is 7.97. The first-order valence-electron chi connectivity index (χ1n) is 14.1. The van der Waals surface area contributed by atoms with E-state index in [-0.39, 0.29) is 16.6 Å². The van der Waals surface area contributed by atoms with Gasteiger partial charge >= 0.3 is 0 Å². The van der Waals surface area contributed by atoms with E-state index in [1.54, 1.807) is 28.6 Å². The second-order valence-electron chi connectivity index (χ2n) is 10.5. The van der Waals surface area contributed by atoms with Crippen molar-refractivity contribution in [1.29, 1.82) is 5.26 Å². The lowest BCUT2D eigenvalue weighted by Crippen LogP contribution is -2.48. The summed E-state index contributed by atoms with van der Waals surface area (Å²) in [5.74, 6) is 0.774. The monoisotopic (exact) mass is 567 g/mol. The number of piperidine rings is 1. The highest BCUT2D eigenvalue weighted by molar-refractivity contribution is 7.89. The Hall–Kier alpha value is -3.97. The molecule has 0 unspecified atom stereocenters. The molecule has 1 aromatic heterocycles. The smallest absolute Gasteiger partial charge is 0.243 e. The van der Waals surface area contributed by atoms with Crippen molar-refractivity contribution in [3.05, 3.63) is 102 Å². The van der Waals surface area contributed by atoms with Crippen LogP contribution in [0, 0.1) is 11.3 Å². The lowest BCUT2D eigenvalue weighted by molar-refractivity contribution is 0.209. The van der Waals surface area contributed by atoms with Gasteiger partial charge in [0, 0.05) is 44.8 Å². The molecule has 2 saturated heterocycles. The summed E-state index contributed by atoms with van der Waals surface area (Å²) in [5.41, 5.74) is 3.37. The fraction of sp³-hybridized carbons (Fsp3) is 0.312. The summed E-state index contributed by atoms with van der Waals surface area (Å²) in [4.78, 5) is 9.27. The van der Waals surface area contributed by atoms with E-state index in [1.165, 1.54) is 11.1 Å².